The number of benzene rings is 3. The van der Waals surface area contributed by atoms with Crippen LogP contribution in [-0.4, -0.2) is 27.5 Å². The minimum absolute atomic E-state index is 0.198. The van der Waals surface area contributed by atoms with Gasteiger partial charge in [-0.25, -0.2) is 13.1 Å². The number of fused-ring (bicyclic) bond motifs is 1. The first-order valence-corrected chi connectivity index (χ1v) is 10.6. The van der Waals surface area contributed by atoms with E-state index in [-0.39, 0.29) is 13.2 Å². The van der Waals surface area contributed by atoms with Gasteiger partial charge in [0, 0.05) is 17.3 Å². The molecule has 29 heavy (non-hydrogen) atoms. The Labute approximate surface area is 170 Å². The molecule has 6 nitrogen and oxygen atoms in total. The van der Waals surface area contributed by atoms with E-state index in [1.54, 1.807) is 12.1 Å². The van der Waals surface area contributed by atoms with E-state index >= 15 is 0 Å². The monoisotopic (exact) mass is 410 g/mol. The fourth-order valence-electron chi connectivity index (χ4n) is 2.95. The molecule has 1 amide bonds. The van der Waals surface area contributed by atoms with Crippen molar-refractivity contribution >= 4 is 32.8 Å². The van der Waals surface area contributed by atoms with E-state index in [1.807, 2.05) is 60.7 Å². The zero-order valence-electron chi connectivity index (χ0n) is 15.7. The van der Waals surface area contributed by atoms with Crippen LogP contribution >= 0.6 is 0 Å². The summed E-state index contributed by atoms with van der Waals surface area (Å²) in [6.45, 7) is 0.0594. The minimum atomic E-state index is -3.54. The summed E-state index contributed by atoms with van der Waals surface area (Å²) in [4.78, 5) is 11.0. The highest BCUT2D eigenvalue weighted by atomic mass is 32.2. The highest BCUT2D eigenvalue weighted by molar-refractivity contribution is 7.92. The summed E-state index contributed by atoms with van der Waals surface area (Å²) >= 11 is 0. The SMILES string of the molecule is NC(=O)COc1cccc2c(CCNS(=O)(=O)C=Cc3ccccc3)cccc12. The number of sulfonamides is 1. The normalized spacial score (nSPS) is 11.7. The van der Waals surface area contributed by atoms with Crippen molar-refractivity contribution in [3.63, 3.8) is 0 Å². The lowest BCUT2D eigenvalue weighted by Crippen LogP contribution is -2.23. The molecular weight excluding hydrogens is 388 g/mol. The average Bonchev–Trinajstić information content (AvgIpc) is 2.71. The van der Waals surface area contributed by atoms with Crippen molar-refractivity contribution in [2.45, 2.75) is 6.42 Å². The van der Waals surface area contributed by atoms with Crippen LogP contribution in [0.4, 0.5) is 0 Å². The van der Waals surface area contributed by atoms with Gasteiger partial charge >= 0.3 is 0 Å². The van der Waals surface area contributed by atoms with Gasteiger partial charge in [0.05, 0.1) is 0 Å². The Hall–Kier alpha value is -3.16. The summed E-state index contributed by atoms with van der Waals surface area (Å²) in [7, 11) is -3.54. The molecule has 3 N–H and O–H groups in total. The number of amides is 1. The molecule has 0 aliphatic carbocycles. The second kappa shape index (κ2) is 9.36. The number of hydrogen-bond donors (Lipinski definition) is 2. The van der Waals surface area contributed by atoms with Gasteiger partial charge in [0.2, 0.25) is 10.0 Å². The van der Waals surface area contributed by atoms with E-state index in [0.29, 0.717) is 12.2 Å². The lowest BCUT2D eigenvalue weighted by atomic mass is 10.0. The van der Waals surface area contributed by atoms with Crippen molar-refractivity contribution in [3.05, 3.63) is 83.3 Å². The summed E-state index contributed by atoms with van der Waals surface area (Å²) in [5.41, 5.74) is 6.94. The predicted octanol–water partition coefficient (Wildman–Crippen LogP) is 2.84. The van der Waals surface area contributed by atoms with E-state index in [9.17, 15) is 13.2 Å². The maximum Gasteiger partial charge on any atom is 0.255 e. The van der Waals surface area contributed by atoms with Gasteiger partial charge in [-0.1, -0.05) is 60.7 Å². The molecule has 3 aromatic rings. The third kappa shape index (κ3) is 5.91. The van der Waals surface area contributed by atoms with Gasteiger partial charge in [-0.15, -0.1) is 0 Å². The molecule has 3 aromatic carbocycles. The Morgan fingerprint density at radius 2 is 1.69 bits per heavy atom. The quantitative estimate of drug-likeness (QED) is 0.567. The molecule has 0 unspecified atom stereocenters. The van der Waals surface area contributed by atoms with Gasteiger partial charge in [-0.2, -0.15) is 0 Å². The average molecular weight is 410 g/mol. The first-order valence-electron chi connectivity index (χ1n) is 9.09. The molecular formula is C22H22N2O4S. The molecule has 0 bridgehead atoms. The smallest absolute Gasteiger partial charge is 0.255 e. The van der Waals surface area contributed by atoms with Crippen LogP contribution in [0, 0.1) is 0 Å². The maximum absolute atomic E-state index is 12.2. The Morgan fingerprint density at radius 1 is 0.966 bits per heavy atom. The minimum Gasteiger partial charge on any atom is -0.483 e. The summed E-state index contributed by atoms with van der Waals surface area (Å²) in [5.74, 6) is 0.0191. The van der Waals surface area contributed by atoms with Crippen LogP contribution in [0.15, 0.2) is 72.1 Å². The van der Waals surface area contributed by atoms with Crippen molar-refractivity contribution in [1.29, 1.82) is 0 Å². The molecule has 0 saturated carbocycles. The van der Waals surface area contributed by atoms with E-state index in [0.717, 1.165) is 21.9 Å². The van der Waals surface area contributed by atoms with Crippen molar-refractivity contribution in [2.24, 2.45) is 5.73 Å². The standard InChI is InChI=1S/C22H22N2O4S/c23-22(25)16-28-21-11-5-9-19-18(8-4-10-20(19)21)12-14-24-29(26,27)15-13-17-6-2-1-3-7-17/h1-11,13,15,24H,12,14,16H2,(H2,23,25). The summed E-state index contributed by atoms with van der Waals surface area (Å²) in [5, 5.41) is 2.95. The fourth-order valence-corrected chi connectivity index (χ4v) is 3.77. The second-order valence-electron chi connectivity index (χ2n) is 6.43. The number of primary amides is 1. The van der Waals surface area contributed by atoms with Crippen LogP contribution in [0.1, 0.15) is 11.1 Å². The Kier molecular flexibility index (Phi) is 6.64. The molecule has 7 heteroatoms. The van der Waals surface area contributed by atoms with E-state index in [4.69, 9.17) is 10.5 Å². The number of ether oxygens (including phenoxy) is 1. The second-order valence-corrected chi connectivity index (χ2v) is 8.08. The van der Waals surface area contributed by atoms with Gasteiger partial charge in [0.15, 0.2) is 6.61 Å². The maximum atomic E-state index is 12.2. The van der Waals surface area contributed by atoms with Gasteiger partial charge < -0.3 is 10.5 Å². The number of carbonyl (C=O) groups excluding carboxylic acids is 1. The molecule has 0 aliphatic heterocycles. The first-order chi connectivity index (χ1) is 13.9. The van der Waals surface area contributed by atoms with Crippen molar-refractivity contribution in [1.82, 2.24) is 4.72 Å². The Bertz CT molecular complexity index is 1130. The van der Waals surface area contributed by atoms with Gasteiger partial charge in [-0.3, -0.25) is 4.79 Å². The molecule has 150 valence electrons. The molecule has 3 rings (SSSR count). The molecule has 0 spiro atoms. The highest BCUT2D eigenvalue weighted by Gasteiger charge is 2.09. The number of nitrogens with one attached hydrogen (secondary N) is 1. The highest BCUT2D eigenvalue weighted by Crippen LogP contribution is 2.28. The van der Waals surface area contributed by atoms with Crippen LogP contribution in [0.3, 0.4) is 0 Å². The number of carbonyl (C=O) groups is 1. The number of rotatable bonds is 9. The molecule has 0 radical (unpaired) electrons. The fraction of sp³-hybridized carbons (Fsp3) is 0.136. The lowest BCUT2D eigenvalue weighted by Gasteiger charge is -2.11. The Balaban J connectivity index is 1.68. The zero-order chi connectivity index (χ0) is 20.7. The molecule has 0 fully saturated rings. The van der Waals surface area contributed by atoms with Crippen molar-refractivity contribution in [2.75, 3.05) is 13.2 Å². The van der Waals surface area contributed by atoms with Gasteiger partial charge in [-0.05, 0) is 35.1 Å². The van der Waals surface area contributed by atoms with Crippen LogP contribution in [0.25, 0.3) is 16.8 Å². The molecule has 0 atom stereocenters. The van der Waals surface area contributed by atoms with Crippen LogP contribution in [0.5, 0.6) is 5.75 Å². The van der Waals surface area contributed by atoms with Gasteiger partial charge in [0.25, 0.3) is 5.91 Å². The summed E-state index contributed by atoms with van der Waals surface area (Å²) in [6.07, 6.45) is 2.07. The molecule has 0 aliphatic rings. The predicted molar refractivity (Wildman–Crippen MR) is 115 cm³/mol. The van der Waals surface area contributed by atoms with E-state index < -0.39 is 15.9 Å². The zero-order valence-corrected chi connectivity index (χ0v) is 16.6. The van der Waals surface area contributed by atoms with Crippen LogP contribution < -0.4 is 15.2 Å². The molecule has 0 heterocycles. The third-order valence-electron chi connectivity index (χ3n) is 4.28. The first kappa shape index (κ1) is 20.6. The van der Waals surface area contributed by atoms with Crippen LogP contribution in [0.2, 0.25) is 0 Å². The van der Waals surface area contributed by atoms with Gasteiger partial charge in [0.1, 0.15) is 5.75 Å². The van der Waals surface area contributed by atoms with Crippen molar-refractivity contribution in [3.8, 4) is 5.75 Å². The third-order valence-corrected chi connectivity index (χ3v) is 5.38. The topological polar surface area (TPSA) is 98.5 Å². The largest absolute Gasteiger partial charge is 0.483 e. The summed E-state index contributed by atoms with van der Waals surface area (Å²) < 4.78 is 32.5. The Morgan fingerprint density at radius 3 is 2.45 bits per heavy atom. The number of nitrogens with two attached hydrogens (primary N) is 1. The lowest BCUT2D eigenvalue weighted by molar-refractivity contribution is -0.119. The van der Waals surface area contributed by atoms with E-state index in [1.165, 1.54) is 5.41 Å². The summed E-state index contributed by atoms with van der Waals surface area (Å²) in [6, 6.07) is 20.5. The molecule has 0 aromatic heterocycles. The van der Waals surface area contributed by atoms with Crippen molar-refractivity contribution < 1.29 is 17.9 Å². The van der Waals surface area contributed by atoms with Crippen LogP contribution in [-0.2, 0) is 21.2 Å². The number of hydrogen-bond acceptors (Lipinski definition) is 4. The molecule has 0 saturated heterocycles. The van der Waals surface area contributed by atoms with E-state index in [2.05, 4.69) is 4.72 Å².